The van der Waals surface area contributed by atoms with Gasteiger partial charge in [0.15, 0.2) is 0 Å². The third-order valence-electron chi connectivity index (χ3n) is 1.10. The molecule has 0 aromatic rings. The number of hydroxylamine groups is 2. The van der Waals surface area contributed by atoms with E-state index in [1.165, 1.54) is 0 Å². The van der Waals surface area contributed by atoms with E-state index >= 15 is 0 Å². The maximum atomic E-state index is 11.7. The van der Waals surface area contributed by atoms with Crippen molar-refractivity contribution in [1.29, 1.82) is 0 Å². The summed E-state index contributed by atoms with van der Waals surface area (Å²) in [5, 5.41) is 0. The molecular weight excluding hydrogens is 210 g/mol. The van der Waals surface area contributed by atoms with Gasteiger partial charge in [0.25, 0.3) is 0 Å². The van der Waals surface area contributed by atoms with Crippen molar-refractivity contribution in [1.82, 2.24) is 14.8 Å². The minimum atomic E-state index is -4.02. The van der Waals surface area contributed by atoms with Crippen molar-refractivity contribution >= 4 is 0 Å². The Hall–Kier alpha value is 0.314. The molecule has 0 atom stereocenters. The van der Waals surface area contributed by atoms with Crippen molar-refractivity contribution < 1.29 is 27.8 Å². The molecule has 0 aliphatic heterocycles. The fourth-order valence-corrected chi connectivity index (χ4v) is 2.65. The third-order valence-corrected chi connectivity index (χ3v) is 3.61. The number of nitrogens with one attached hydrogen (secondary N) is 3. The monoisotopic (exact) mass is 228 g/mol. The van der Waals surface area contributed by atoms with Crippen LogP contribution in [0.2, 0.25) is 0 Å². The van der Waals surface area contributed by atoms with Crippen molar-refractivity contribution in [3.8, 4) is 0 Å². The molecule has 0 saturated heterocycles. The zero-order chi connectivity index (χ0) is 10.2. The summed E-state index contributed by atoms with van der Waals surface area (Å²) in [7, 11) is 0. The van der Waals surface area contributed by atoms with Crippen LogP contribution >= 0.6 is 0 Å². The van der Waals surface area contributed by atoms with Crippen molar-refractivity contribution in [2.75, 3.05) is 19.6 Å². The van der Waals surface area contributed by atoms with Crippen molar-refractivity contribution in [3.63, 3.8) is 0 Å². The predicted octanol–water partition coefficient (Wildman–Crippen LogP) is -0.0775. The number of rotatable bonds is 8. The first-order chi connectivity index (χ1) is 6.18. The maximum absolute atomic E-state index is 11.7. The van der Waals surface area contributed by atoms with Crippen molar-refractivity contribution in [2.45, 2.75) is 20.8 Å². The molecule has 0 bridgehead atoms. The van der Waals surface area contributed by atoms with Gasteiger partial charge < -0.3 is 0 Å². The fraction of sp³-hybridized carbons (Fsp3) is 1.00. The summed E-state index contributed by atoms with van der Waals surface area (Å²) in [6.45, 7) is 7.23. The summed E-state index contributed by atoms with van der Waals surface area (Å²) in [4.78, 5) is 0. The van der Waals surface area contributed by atoms with Gasteiger partial charge in [0.2, 0.25) is 0 Å². The van der Waals surface area contributed by atoms with Gasteiger partial charge in [0, 0.05) is 0 Å². The van der Waals surface area contributed by atoms with E-state index in [4.69, 9.17) is 6.84 Å². The number of hydrogen-bond acceptors (Lipinski definition) is 5. The molecule has 0 unspecified atom stereocenters. The zero-order valence-corrected chi connectivity index (χ0v) is 9.91. The predicted molar refractivity (Wildman–Crippen MR) is 43.9 cm³/mol. The van der Waals surface area contributed by atoms with Crippen LogP contribution in [0.4, 0.5) is 0 Å². The minimum absolute atomic E-state index is 0.542. The molecule has 7 heteroatoms. The van der Waals surface area contributed by atoms with E-state index < -0.39 is 17.6 Å². The van der Waals surface area contributed by atoms with Gasteiger partial charge in [-0.05, 0) is 0 Å². The normalized spacial score (nSPS) is 11.9. The van der Waals surface area contributed by atoms with Gasteiger partial charge >= 0.3 is 82.9 Å². The van der Waals surface area contributed by atoms with Crippen LogP contribution in [0.5, 0.6) is 0 Å². The van der Waals surface area contributed by atoms with Gasteiger partial charge in [-0.2, -0.15) is 0 Å². The first kappa shape index (κ1) is 13.3. The molecule has 79 valence electrons. The Labute approximate surface area is 83.2 Å². The van der Waals surface area contributed by atoms with E-state index in [0.29, 0.717) is 19.6 Å². The van der Waals surface area contributed by atoms with Crippen LogP contribution in [0.15, 0.2) is 0 Å². The van der Waals surface area contributed by atoms with Crippen molar-refractivity contribution in [3.05, 3.63) is 0 Å². The first-order valence-corrected chi connectivity index (χ1v) is 7.15. The van der Waals surface area contributed by atoms with E-state index in [1.54, 1.807) is 0 Å². The molecule has 0 radical (unpaired) electrons. The molecule has 0 aliphatic carbocycles. The molecule has 0 amide bonds. The summed E-state index contributed by atoms with van der Waals surface area (Å²) >= 11 is -4.02. The molecule has 0 rings (SSSR count). The standard InChI is InChI=1S/2C2H6NO.C2H6N.O.Ti/c2*1-2-3-4;1-2-3;;/h2*3H,2H2,1H3;3H,2H2,1H3;;/q3*-1;;+3. The number of hydrogen-bond donors (Lipinski definition) is 3. The van der Waals surface area contributed by atoms with Crippen LogP contribution < -0.4 is 14.8 Å². The molecule has 0 fully saturated rings. The van der Waals surface area contributed by atoms with E-state index in [1.807, 2.05) is 20.8 Å². The van der Waals surface area contributed by atoms with Crippen LogP contribution in [0.25, 0.3) is 0 Å². The zero-order valence-electron chi connectivity index (χ0n) is 8.35. The van der Waals surface area contributed by atoms with Gasteiger partial charge in [0.1, 0.15) is 0 Å². The Kier molecular flexibility index (Phi) is 7.88. The summed E-state index contributed by atoms with van der Waals surface area (Å²) in [6, 6.07) is 0. The molecule has 0 spiro atoms. The van der Waals surface area contributed by atoms with Gasteiger partial charge in [-0.1, -0.05) is 0 Å². The van der Waals surface area contributed by atoms with Crippen molar-refractivity contribution in [2.24, 2.45) is 0 Å². The SMILES string of the molecule is CCN[O][Ti](=[O])([NH]CC)[O]NCC. The van der Waals surface area contributed by atoms with E-state index in [2.05, 4.69) is 14.8 Å². The topological polar surface area (TPSA) is 71.6 Å². The Balaban J connectivity index is 3.92. The van der Waals surface area contributed by atoms with Gasteiger partial charge in [-0.15, -0.1) is 0 Å². The van der Waals surface area contributed by atoms with Crippen LogP contribution in [-0.2, 0) is 27.8 Å². The second kappa shape index (κ2) is 7.69. The molecule has 0 aromatic heterocycles. The third kappa shape index (κ3) is 6.39. The second-order valence-corrected chi connectivity index (χ2v) is 5.21. The van der Waals surface area contributed by atoms with Crippen LogP contribution in [-0.4, -0.2) is 19.6 Å². The molecule has 0 aliphatic rings. The van der Waals surface area contributed by atoms with E-state index in [9.17, 15) is 3.32 Å². The average Bonchev–Trinajstić information content (AvgIpc) is 2.12. The Morgan fingerprint density at radius 2 is 1.46 bits per heavy atom. The Morgan fingerprint density at radius 1 is 1.00 bits per heavy atom. The summed E-state index contributed by atoms with van der Waals surface area (Å²) < 4.78 is 24.2. The molecule has 6 nitrogen and oxygen atoms in total. The second-order valence-electron chi connectivity index (χ2n) is 2.29. The van der Waals surface area contributed by atoms with Crippen LogP contribution in [0, 0.1) is 0 Å². The molecular formula is C6H18N3O3Ti. The summed E-state index contributed by atoms with van der Waals surface area (Å²) in [6.07, 6.45) is 0. The Bertz CT molecular complexity index is 155. The molecule has 0 saturated carbocycles. The molecule has 0 aromatic carbocycles. The van der Waals surface area contributed by atoms with Gasteiger partial charge in [-0.3, -0.25) is 0 Å². The van der Waals surface area contributed by atoms with Gasteiger partial charge in [0.05, 0.1) is 0 Å². The Morgan fingerprint density at radius 3 is 1.77 bits per heavy atom. The summed E-state index contributed by atoms with van der Waals surface area (Å²) in [5.41, 5.74) is 5.05. The molecule has 0 heterocycles. The first-order valence-electron chi connectivity index (χ1n) is 4.45. The summed E-state index contributed by atoms with van der Waals surface area (Å²) in [5.74, 6) is 0. The van der Waals surface area contributed by atoms with E-state index in [-0.39, 0.29) is 0 Å². The van der Waals surface area contributed by atoms with Gasteiger partial charge in [-0.25, -0.2) is 0 Å². The van der Waals surface area contributed by atoms with Crippen LogP contribution in [0.1, 0.15) is 20.8 Å². The quantitative estimate of drug-likeness (QED) is 0.398. The van der Waals surface area contributed by atoms with Crippen LogP contribution in [0.3, 0.4) is 0 Å². The van der Waals surface area contributed by atoms with E-state index in [0.717, 1.165) is 0 Å². The fourth-order valence-electron chi connectivity index (χ4n) is 0.644. The average molecular weight is 228 g/mol. The molecule has 13 heavy (non-hydrogen) atoms. The molecule has 3 N–H and O–H groups in total.